The summed E-state index contributed by atoms with van der Waals surface area (Å²) in [6.45, 7) is 5.09. The van der Waals surface area contributed by atoms with Gasteiger partial charge in [-0.05, 0) is 18.9 Å². The molecule has 0 spiro atoms. The van der Waals surface area contributed by atoms with E-state index in [2.05, 4.69) is 5.32 Å². The zero-order valence-corrected chi connectivity index (χ0v) is 11.9. The van der Waals surface area contributed by atoms with E-state index in [1.54, 1.807) is 0 Å². The molecule has 5 heteroatoms. The predicted octanol–water partition coefficient (Wildman–Crippen LogP) is 2.40. The number of aliphatic carboxylic acids is 1. The summed E-state index contributed by atoms with van der Waals surface area (Å²) in [6.07, 6.45) is 1.22. The highest BCUT2D eigenvalue weighted by atomic mass is 16.7. The van der Waals surface area contributed by atoms with E-state index in [1.165, 1.54) is 0 Å². The Hall–Kier alpha value is -1.75. The van der Waals surface area contributed by atoms with Crippen LogP contribution in [0.4, 0.5) is 0 Å². The standard InChI is InChI=1S/C15H21NO4/c1-3-15(4-2,14(17)18)9-16-8-11-6-5-7-12-13(11)20-10-19-12/h5-7,16H,3-4,8-10H2,1-2H3,(H,17,18). The van der Waals surface area contributed by atoms with Gasteiger partial charge in [0.2, 0.25) is 6.79 Å². The normalized spacial score (nSPS) is 13.5. The Bertz CT molecular complexity index is 483. The quantitative estimate of drug-likeness (QED) is 0.802. The summed E-state index contributed by atoms with van der Waals surface area (Å²) in [5.74, 6) is 0.765. The van der Waals surface area contributed by atoms with Crippen molar-refractivity contribution in [1.82, 2.24) is 5.32 Å². The number of fused-ring (bicyclic) bond motifs is 1. The fourth-order valence-electron chi connectivity index (χ4n) is 2.44. The number of carboxylic acid groups (broad SMARTS) is 1. The van der Waals surface area contributed by atoms with Crippen molar-refractivity contribution in [3.63, 3.8) is 0 Å². The van der Waals surface area contributed by atoms with Gasteiger partial charge in [-0.2, -0.15) is 0 Å². The third kappa shape index (κ3) is 2.72. The second-order valence-electron chi connectivity index (χ2n) is 5.05. The lowest BCUT2D eigenvalue weighted by Gasteiger charge is -2.27. The number of para-hydroxylation sites is 1. The monoisotopic (exact) mass is 279 g/mol. The topological polar surface area (TPSA) is 67.8 Å². The van der Waals surface area contributed by atoms with Gasteiger partial charge in [-0.3, -0.25) is 4.79 Å². The molecule has 1 heterocycles. The molecule has 1 aromatic carbocycles. The second-order valence-corrected chi connectivity index (χ2v) is 5.05. The molecule has 0 saturated carbocycles. The minimum Gasteiger partial charge on any atom is -0.481 e. The summed E-state index contributed by atoms with van der Waals surface area (Å²) in [7, 11) is 0. The number of hydrogen-bond donors (Lipinski definition) is 2. The molecular weight excluding hydrogens is 258 g/mol. The molecule has 0 atom stereocenters. The molecule has 5 nitrogen and oxygen atoms in total. The molecule has 0 amide bonds. The molecule has 1 aromatic rings. The maximum atomic E-state index is 11.4. The van der Waals surface area contributed by atoms with Crippen LogP contribution in [-0.4, -0.2) is 24.4 Å². The number of ether oxygens (including phenoxy) is 2. The van der Waals surface area contributed by atoms with Crippen LogP contribution in [0, 0.1) is 5.41 Å². The Balaban J connectivity index is 1.99. The lowest BCUT2D eigenvalue weighted by molar-refractivity contribution is -0.149. The van der Waals surface area contributed by atoms with Crippen LogP contribution in [0.1, 0.15) is 32.3 Å². The van der Waals surface area contributed by atoms with Crippen molar-refractivity contribution >= 4 is 5.97 Å². The Morgan fingerprint density at radius 1 is 1.35 bits per heavy atom. The zero-order chi connectivity index (χ0) is 14.6. The first-order valence-electron chi connectivity index (χ1n) is 6.94. The molecule has 0 aromatic heterocycles. The van der Waals surface area contributed by atoms with Crippen LogP contribution in [0.25, 0.3) is 0 Å². The van der Waals surface area contributed by atoms with E-state index in [1.807, 2.05) is 32.0 Å². The second kappa shape index (κ2) is 6.13. The highest BCUT2D eigenvalue weighted by Gasteiger charge is 2.34. The molecule has 1 aliphatic heterocycles. The van der Waals surface area contributed by atoms with Crippen molar-refractivity contribution in [2.45, 2.75) is 33.2 Å². The van der Waals surface area contributed by atoms with E-state index >= 15 is 0 Å². The fourth-order valence-corrected chi connectivity index (χ4v) is 2.44. The van der Waals surface area contributed by atoms with Crippen LogP contribution in [-0.2, 0) is 11.3 Å². The summed E-state index contributed by atoms with van der Waals surface area (Å²) in [5, 5.41) is 12.6. The van der Waals surface area contributed by atoms with Crippen molar-refractivity contribution in [1.29, 1.82) is 0 Å². The Morgan fingerprint density at radius 3 is 2.75 bits per heavy atom. The highest BCUT2D eigenvalue weighted by Crippen LogP contribution is 2.35. The minimum absolute atomic E-state index is 0.245. The number of benzene rings is 1. The van der Waals surface area contributed by atoms with Gasteiger partial charge in [0.05, 0.1) is 5.41 Å². The molecule has 0 saturated heterocycles. The first-order valence-corrected chi connectivity index (χ1v) is 6.94. The maximum absolute atomic E-state index is 11.4. The van der Waals surface area contributed by atoms with Gasteiger partial charge < -0.3 is 19.9 Å². The van der Waals surface area contributed by atoms with Gasteiger partial charge in [-0.25, -0.2) is 0 Å². The largest absolute Gasteiger partial charge is 0.481 e. The van der Waals surface area contributed by atoms with Gasteiger partial charge in [-0.1, -0.05) is 26.0 Å². The third-order valence-electron chi connectivity index (χ3n) is 4.06. The van der Waals surface area contributed by atoms with Gasteiger partial charge in [0.25, 0.3) is 0 Å². The van der Waals surface area contributed by atoms with Crippen LogP contribution in [0.3, 0.4) is 0 Å². The van der Waals surface area contributed by atoms with Crippen LogP contribution >= 0.6 is 0 Å². The molecule has 0 fully saturated rings. The molecule has 110 valence electrons. The number of carboxylic acids is 1. The summed E-state index contributed by atoms with van der Waals surface area (Å²) in [6, 6.07) is 5.74. The van der Waals surface area contributed by atoms with Crippen LogP contribution in [0.2, 0.25) is 0 Å². The van der Waals surface area contributed by atoms with E-state index in [4.69, 9.17) is 9.47 Å². The summed E-state index contributed by atoms with van der Waals surface area (Å²) in [4.78, 5) is 11.4. The van der Waals surface area contributed by atoms with Gasteiger partial charge in [0.1, 0.15) is 0 Å². The molecule has 0 unspecified atom stereocenters. The van der Waals surface area contributed by atoms with Gasteiger partial charge in [0.15, 0.2) is 11.5 Å². The number of hydrogen-bond acceptors (Lipinski definition) is 4. The van der Waals surface area contributed by atoms with Crippen molar-refractivity contribution in [3.05, 3.63) is 23.8 Å². The Kier molecular flexibility index (Phi) is 4.49. The molecular formula is C15H21NO4. The van der Waals surface area contributed by atoms with Crippen molar-refractivity contribution in [3.8, 4) is 11.5 Å². The summed E-state index contributed by atoms with van der Waals surface area (Å²) in [5.41, 5.74) is 0.293. The van der Waals surface area contributed by atoms with Crippen LogP contribution in [0.15, 0.2) is 18.2 Å². The Labute approximate surface area is 118 Å². The lowest BCUT2D eigenvalue weighted by Crippen LogP contribution is -2.40. The molecule has 20 heavy (non-hydrogen) atoms. The van der Waals surface area contributed by atoms with Crippen molar-refractivity contribution in [2.75, 3.05) is 13.3 Å². The van der Waals surface area contributed by atoms with Gasteiger partial charge in [0, 0.05) is 18.7 Å². The predicted molar refractivity (Wildman–Crippen MR) is 74.9 cm³/mol. The average Bonchev–Trinajstić information content (AvgIpc) is 2.93. The zero-order valence-electron chi connectivity index (χ0n) is 11.9. The van der Waals surface area contributed by atoms with Gasteiger partial charge >= 0.3 is 5.97 Å². The number of carbonyl (C=O) groups is 1. The first-order chi connectivity index (χ1) is 9.63. The summed E-state index contributed by atoms with van der Waals surface area (Å²) >= 11 is 0. The maximum Gasteiger partial charge on any atom is 0.310 e. The molecule has 0 radical (unpaired) electrons. The molecule has 0 aliphatic carbocycles. The molecule has 2 N–H and O–H groups in total. The van der Waals surface area contributed by atoms with Gasteiger partial charge in [-0.15, -0.1) is 0 Å². The summed E-state index contributed by atoms with van der Waals surface area (Å²) < 4.78 is 10.8. The molecule has 1 aliphatic rings. The first kappa shape index (κ1) is 14.7. The average molecular weight is 279 g/mol. The smallest absolute Gasteiger partial charge is 0.310 e. The Morgan fingerprint density at radius 2 is 2.10 bits per heavy atom. The van der Waals surface area contributed by atoms with Crippen molar-refractivity contribution in [2.24, 2.45) is 5.41 Å². The van der Waals surface area contributed by atoms with E-state index < -0.39 is 11.4 Å². The van der Waals surface area contributed by atoms with E-state index in [0.29, 0.717) is 25.9 Å². The van der Waals surface area contributed by atoms with Crippen LogP contribution in [0.5, 0.6) is 11.5 Å². The minimum atomic E-state index is -0.743. The number of nitrogens with one attached hydrogen (secondary N) is 1. The number of rotatable bonds is 7. The highest BCUT2D eigenvalue weighted by molar-refractivity contribution is 5.74. The molecule has 0 bridgehead atoms. The SMILES string of the molecule is CCC(CC)(CNCc1cccc2c1OCO2)C(=O)O. The molecule has 2 rings (SSSR count). The fraction of sp³-hybridized carbons (Fsp3) is 0.533. The van der Waals surface area contributed by atoms with Crippen LogP contribution < -0.4 is 14.8 Å². The lowest BCUT2D eigenvalue weighted by atomic mass is 9.82. The van der Waals surface area contributed by atoms with Crippen molar-refractivity contribution < 1.29 is 19.4 Å². The van der Waals surface area contributed by atoms with E-state index in [-0.39, 0.29) is 6.79 Å². The third-order valence-corrected chi connectivity index (χ3v) is 4.06. The van der Waals surface area contributed by atoms with E-state index in [9.17, 15) is 9.90 Å². The van der Waals surface area contributed by atoms with E-state index in [0.717, 1.165) is 17.1 Å².